The van der Waals surface area contributed by atoms with Crippen LogP contribution in [0.2, 0.25) is 0 Å². The Balaban J connectivity index is 4.10. The highest BCUT2D eigenvalue weighted by Crippen LogP contribution is 2.19. The molecule has 0 spiro atoms. The Morgan fingerprint density at radius 1 is 0.241 bits per heavy atom. The Morgan fingerprint density at radius 2 is 0.434 bits per heavy atom. The standard InChI is InChI=1S/C77H144O6/c1-4-7-10-13-16-19-22-25-28-30-31-32-33-34-35-36-37-38-39-40-41-42-43-44-45-46-47-50-52-55-58-61-64-67-70-76(79)82-73-74(72-81-75(78)69-66-63-60-57-54-51-48-27-24-21-18-15-12-9-6-3)83-77(80)71-68-65-62-59-56-53-49-29-26-23-20-17-14-11-8-5-2/h18,21,27,29,48-49,74H,4-17,19-20,22-26,28,30-47,50-73H2,1-3H3/b21-18-,48-27-,49-29-. The molecule has 0 fully saturated rings. The van der Waals surface area contributed by atoms with Crippen LogP contribution in [-0.4, -0.2) is 37.2 Å². The molecule has 0 bridgehead atoms. The first-order valence-corrected chi connectivity index (χ1v) is 37.5. The largest absolute Gasteiger partial charge is 0.462 e. The molecule has 0 saturated carbocycles. The van der Waals surface area contributed by atoms with E-state index in [1.54, 1.807) is 0 Å². The smallest absolute Gasteiger partial charge is 0.306 e. The van der Waals surface area contributed by atoms with E-state index >= 15 is 0 Å². The molecule has 6 heteroatoms. The summed E-state index contributed by atoms with van der Waals surface area (Å²) < 4.78 is 17.0. The van der Waals surface area contributed by atoms with E-state index in [1.807, 2.05) is 0 Å². The highest BCUT2D eigenvalue weighted by Gasteiger charge is 2.19. The molecule has 0 aliphatic rings. The van der Waals surface area contributed by atoms with Crippen molar-refractivity contribution in [3.8, 4) is 0 Å². The molecule has 1 atom stereocenters. The van der Waals surface area contributed by atoms with E-state index in [-0.39, 0.29) is 31.1 Å². The van der Waals surface area contributed by atoms with E-state index < -0.39 is 6.10 Å². The normalized spacial score (nSPS) is 12.2. The number of esters is 3. The molecule has 0 aromatic carbocycles. The van der Waals surface area contributed by atoms with Gasteiger partial charge in [-0.05, 0) is 77.0 Å². The van der Waals surface area contributed by atoms with Crippen molar-refractivity contribution in [1.82, 2.24) is 0 Å². The Labute approximate surface area is 518 Å². The molecular weight excluding hydrogens is 1020 g/mol. The third-order valence-electron chi connectivity index (χ3n) is 17.1. The summed E-state index contributed by atoms with van der Waals surface area (Å²) in [6, 6.07) is 0. The van der Waals surface area contributed by atoms with Crippen molar-refractivity contribution in [2.45, 2.75) is 425 Å². The quantitative estimate of drug-likeness (QED) is 0.0261. The molecule has 0 amide bonds. The average Bonchev–Trinajstić information content (AvgIpc) is 3.49. The lowest BCUT2D eigenvalue weighted by atomic mass is 10.0. The summed E-state index contributed by atoms with van der Waals surface area (Å²) in [5.74, 6) is -0.871. The van der Waals surface area contributed by atoms with Crippen molar-refractivity contribution in [2.24, 2.45) is 0 Å². The first kappa shape index (κ1) is 80.6. The number of carbonyl (C=O) groups excluding carboxylic acids is 3. The van der Waals surface area contributed by atoms with Crippen molar-refractivity contribution in [3.63, 3.8) is 0 Å². The molecule has 0 aliphatic heterocycles. The van der Waals surface area contributed by atoms with Gasteiger partial charge in [0.05, 0.1) is 0 Å². The van der Waals surface area contributed by atoms with Crippen LogP contribution in [0.15, 0.2) is 36.5 Å². The summed E-state index contributed by atoms with van der Waals surface area (Å²) in [6.45, 7) is 6.67. The van der Waals surface area contributed by atoms with Gasteiger partial charge in [0.25, 0.3) is 0 Å². The second-order valence-corrected chi connectivity index (χ2v) is 25.6. The van der Waals surface area contributed by atoms with Gasteiger partial charge >= 0.3 is 17.9 Å². The Hall–Kier alpha value is -2.37. The maximum Gasteiger partial charge on any atom is 0.306 e. The molecule has 0 saturated heterocycles. The summed E-state index contributed by atoms with van der Waals surface area (Å²) in [4.78, 5) is 38.4. The molecule has 0 aromatic heterocycles. The van der Waals surface area contributed by atoms with Crippen molar-refractivity contribution in [3.05, 3.63) is 36.5 Å². The van der Waals surface area contributed by atoms with Gasteiger partial charge < -0.3 is 14.2 Å². The van der Waals surface area contributed by atoms with Gasteiger partial charge in [-0.25, -0.2) is 0 Å². The van der Waals surface area contributed by atoms with E-state index in [2.05, 4.69) is 57.2 Å². The minimum absolute atomic E-state index is 0.0757. The fourth-order valence-electron chi connectivity index (χ4n) is 11.5. The summed E-state index contributed by atoms with van der Waals surface area (Å²) in [6.07, 6.45) is 90.7. The highest BCUT2D eigenvalue weighted by atomic mass is 16.6. The van der Waals surface area contributed by atoms with Crippen LogP contribution >= 0.6 is 0 Å². The summed E-state index contributed by atoms with van der Waals surface area (Å²) in [7, 11) is 0. The van der Waals surface area contributed by atoms with Crippen molar-refractivity contribution in [1.29, 1.82) is 0 Å². The Bertz CT molecular complexity index is 1380. The van der Waals surface area contributed by atoms with Gasteiger partial charge in [-0.2, -0.15) is 0 Å². The van der Waals surface area contributed by atoms with Gasteiger partial charge in [0.2, 0.25) is 0 Å². The highest BCUT2D eigenvalue weighted by molar-refractivity contribution is 5.71. The van der Waals surface area contributed by atoms with Crippen LogP contribution in [0.3, 0.4) is 0 Å². The van der Waals surface area contributed by atoms with E-state index in [1.165, 1.54) is 295 Å². The lowest BCUT2D eigenvalue weighted by Crippen LogP contribution is -2.30. The van der Waals surface area contributed by atoms with Crippen LogP contribution in [0.5, 0.6) is 0 Å². The zero-order valence-electron chi connectivity index (χ0n) is 56.2. The predicted molar refractivity (Wildman–Crippen MR) is 362 cm³/mol. The van der Waals surface area contributed by atoms with Crippen LogP contribution in [0, 0.1) is 0 Å². The second kappa shape index (κ2) is 72.1. The van der Waals surface area contributed by atoms with Crippen LogP contribution in [0.4, 0.5) is 0 Å². The first-order valence-electron chi connectivity index (χ1n) is 37.5. The summed E-state index contributed by atoms with van der Waals surface area (Å²) in [5.41, 5.74) is 0. The monoisotopic (exact) mass is 1170 g/mol. The molecular formula is C77H144O6. The van der Waals surface area contributed by atoms with Crippen molar-refractivity contribution < 1.29 is 28.6 Å². The van der Waals surface area contributed by atoms with Crippen LogP contribution < -0.4 is 0 Å². The minimum atomic E-state index is -0.782. The van der Waals surface area contributed by atoms with Gasteiger partial charge in [-0.15, -0.1) is 0 Å². The van der Waals surface area contributed by atoms with E-state index in [0.717, 1.165) is 83.5 Å². The number of unbranched alkanes of at least 4 members (excludes halogenated alkanes) is 53. The molecule has 0 aromatic rings. The SMILES string of the molecule is CCCCC/C=C\C/C=C\CCCCCCCC(=O)OCC(COC(=O)CCCCCCCCCCCCCCCCCCCCCCCCCCCCCCCCCCCC)OC(=O)CCCCCCC/C=C\CCCCCCCCC. The fourth-order valence-corrected chi connectivity index (χ4v) is 11.5. The molecule has 0 rings (SSSR count). The van der Waals surface area contributed by atoms with Crippen LogP contribution in [0.1, 0.15) is 419 Å². The molecule has 6 nitrogen and oxygen atoms in total. The lowest BCUT2D eigenvalue weighted by molar-refractivity contribution is -0.167. The molecule has 488 valence electrons. The molecule has 1 unspecified atom stereocenters. The van der Waals surface area contributed by atoms with Gasteiger partial charge in [0, 0.05) is 19.3 Å². The topological polar surface area (TPSA) is 78.9 Å². The van der Waals surface area contributed by atoms with E-state index in [0.29, 0.717) is 19.3 Å². The average molecular weight is 1170 g/mol. The molecule has 0 aliphatic carbocycles. The van der Waals surface area contributed by atoms with Gasteiger partial charge in [-0.3, -0.25) is 14.4 Å². The number of allylic oxidation sites excluding steroid dienone is 6. The van der Waals surface area contributed by atoms with E-state index in [9.17, 15) is 14.4 Å². The molecule has 83 heavy (non-hydrogen) atoms. The van der Waals surface area contributed by atoms with Crippen LogP contribution in [0.25, 0.3) is 0 Å². The predicted octanol–water partition coefficient (Wildman–Crippen LogP) is 25.9. The van der Waals surface area contributed by atoms with Crippen LogP contribution in [-0.2, 0) is 28.6 Å². The third kappa shape index (κ3) is 70.3. The Morgan fingerprint density at radius 3 is 0.699 bits per heavy atom. The fraction of sp³-hybridized carbons (Fsp3) is 0.883. The van der Waals surface area contributed by atoms with Gasteiger partial charge in [0.1, 0.15) is 13.2 Å². The minimum Gasteiger partial charge on any atom is -0.462 e. The van der Waals surface area contributed by atoms with Gasteiger partial charge in [-0.1, -0.05) is 359 Å². The third-order valence-corrected chi connectivity index (χ3v) is 17.1. The van der Waals surface area contributed by atoms with Gasteiger partial charge in [0.15, 0.2) is 6.10 Å². The second-order valence-electron chi connectivity index (χ2n) is 25.6. The summed E-state index contributed by atoms with van der Waals surface area (Å²) in [5, 5.41) is 0. The van der Waals surface area contributed by atoms with Crippen molar-refractivity contribution >= 4 is 17.9 Å². The Kier molecular flexibility index (Phi) is 70.0. The first-order chi connectivity index (χ1) is 41.0. The molecule has 0 radical (unpaired) electrons. The molecule has 0 N–H and O–H groups in total. The number of hydrogen-bond donors (Lipinski definition) is 0. The number of carbonyl (C=O) groups is 3. The van der Waals surface area contributed by atoms with Crippen molar-refractivity contribution in [2.75, 3.05) is 13.2 Å². The number of rotatable bonds is 70. The molecule has 0 heterocycles. The maximum atomic E-state index is 12.9. The maximum absolute atomic E-state index is 12.9. The van der Waals surface area contributed by atoms with E-state index in [4.69, 9.17) is 14.2 Å². The number of hydrogen-bond acceptors (Lipinski definition) is 6. The summed E-state index contributed by atoms with van der Waals surface area (Å²) >= 11 is 0. The zero-order chi connectivity index (χ0) is 59.9. The number of ether oxygens (including phenoxy) is 3. The zero-order valence-corrected chi connectivity index (χ0v) is 56.2. The lowest BCUT2D eigenvalue weighted by Gasteiger charge is -2.18.